The predicted octanol–water partition coefficient (Wildman–Crippen LogP) is 2.91. The number of hydrogen-bond donors (Lipinski definition) is 0. The molecule has 58 valence electrons. The Morgan fingerprint density at radius 1 is 1.91 bits per heavy atom. The number of thiophene rings is 1. The maximum Gasteiger partial charge on any atom is 0.125 e. The van der Waals surface area contributed by atoms with E-state index in [2.05, 4.69) is 5.73 Å². The van der Waals surface area contributed by atoms with Crippen molar-refractivity contribution in [3.8, 4) is 0 Å². The van der Waals surface area contributed by atoms with Crippen molar-refractivity contribution in [2.45, 2.75) is 6.92 Å². The van der Waals surface area contributed by atoms with Crippen LogP contribution in [-0.4, -0.2) is 6.61 Å². The molecule has 0 saturated carbocycles. The summed E-state index contributed by atoms with van der Waals surface area (Å²) in [6.07, 6.45) is 1.43. The summed E-state index contributed by atoms with van der Waals surface area (Å²) in [7, 11) is 0. The van der Waals surface area contributed by atoms with E-state index in [0.717, 1.165) is 4.88 Å². The molecule has 0 saturated heterocycles. The molecular formula is C9H10OS. The van der Waals surface area contributed by atoms with Gasteiger partial charge in [-0.05, 0) is 18.4 Å². The molecule has 0 aliphatic rings. The molecular weight excluding hydrogens is 156 g/mol. The van der Waals surface area contributed by atoms with Crippen LogP contribution in [0.3, 0.4) is 0 Å². The fourth-order valence-electron chi connectivity index (χ4n) is 0.575. The van der Waals surface area contributed by atoms with E-state index in [4.69, 9.17) is 6.11 Å². The van der Waals surface area contributed by atoms with E-state index in [0.29, 0.717) is 12.7 Å². The van der Waals surface area contributed by atoms with Crippen LogP contribution in [0.5, 0.6) is 0 Å². The van der Waals surface area contributed by atoms with Crippen molar-refractivity contribution in [2.75, 3.05) is 6.61 Å². The summed E-state index contributed by atoms with van der Waals surface area (Å²) in [4.78, 5) is 0.908. The van der Waals surface area contributed by atoms with E-state index in [-0.39, 0.29) is 0 Å². The average molecular weight is 167 g/mol. The second-order valence-corrected chi connectivity index (χ2v) is 2.77. The maximum atomic E-state index is 7.51. The van der Waals surface area contributed by atoms with Crippen molar-refractivity contribution < 1.29 is 6.11 Å². The number of ether oxygens (including phenoxy) is 1. The minimum Gasteiger partial charge on any atom is -0.493 e. The van der Waals surface area contributed by atoms with E-state index in [1.54, 1.807) is 0 Å². The highest BCUT2D eigenvalue weighted by atomic mass is 32.1. The van der Waals surface area contributed by atoms with Gasteiger partial charge in [-0.2, -0.15) is 0 Å². The van der Waals surface area contributed by atoms with Crippen LogP contribution in [0.4, 0.5) is 0 Å². The molecule has 1 rings (SSSR count). The molecule has 1 aromatic rings. The van der Waals surface area contributed by atoms with Crippen molar-refractivity contribution >= 4 is 17.4 Å². The molecule has 0 aromatic carbocycles. The molecule has 0 radical (unpaired) electrons. The second kappa shape index (κ2) is 4.78. The average Bonchev–Trinajstić information content (AvgIpc) is 2.56. The van der Waals surface area contributed by atoms with Crippen LogP contribution >= 0.6 is 11.3 Å². The van der Waals surface area contributed by atoms with E-state index in [1.165, 1.54) is 17.6 Å². The zero-order valence-electron chi connectivity index (χ0n) is 7.33. The lowest BCUT2D eigenvalue weighted by Crippen LogP contribution is -1.73. The van der Waals surface area contributed by atoms with Crippen LogP contribution in [-0.2, 0) is 4.74 Å². The molecule has 0 aliphatic carbocycles. The first-order chi connectivity index (χ1) is 5.84. The van der Waals surface area contributed by atoms with Gasteiger partial charge < -0.3 is 4.74 Å². The van der Waals surface area contributed by atoms with E-state index in [9.17, 15) is 0 Å². The van der Waals surface area contributed by atoms with Crippen LogP contribution < -0.4 is 0 Å². The van der Waals surface area contributed by atoms with E-state index >= 15 is 0 Å². The molecule has 0 atom stereocenters. The summed E-state index contributed by atoms with van der Waals surface area (Å²) in [6.45, 7) is 2.51. The molecule has 0 aliphatic heterocycles. The van der Waals surface area contributed by atoms with Crippen LogP contribution in [0.1, 0.15) is 13.2 Å². The molecule has 11 heavy (non-hydrogen) atoms. The first-order valence-electron chi connectivity index (χ1n) is 3.92. The van der Waals surface area contributed by atoms with Crippen LogP contribution in [0.2, 0.25) is 0 Å². The molecule has 0 amide bonds. The number of rotatable bonds is 3. The lowest BCUT2D eigenvalue weighted by molar-refractivity contribution is 0.270. The molecule has 1 heterocycles. The van der Waals surface area contributed by atoms with Crippen molar-refractivity contribution in [3.63, 3.8) is 0 Å². The van der Waals surface area contributed by atoms with Gasteiger partial charge in [0.1, 0.15) is 6.26 Å². The van der Waals surface area contributed by atoms with Crippen LogP contribution in [0.15, 0.2) is 29.5 Å². The fourth-order valence-corrected chi connectivity index (χ4v) is 1.15. The van der Waals surface area contributed by atoms with Crippen LogP contribution in [0, 0.1) is 0 Å². The van der Waals surface area contributed by atoms with Crippen molar-refractivity contribution in [1.29, 1.82) is 0 Å². The maximum absolute atomic E-state index is 7.51. The Balaban J connectivity index is 2.70. The van der Waals surface area contributed by atoms with Gasteiger partial charge in [0.05, 0.1) is 7.98 Å². The van der Waals surface area contributed by atoms with E-state index in [1.807, 2.05) is 24.4 Å². The van der Waals surface area contributed by atoms with Gasteiger partial charge in [0.25, 0.3) is 0 Å². The summed E-state index contributed by atoms with van der Waals surface area (Å²) >= 11 is 1.53. The van der Waals surface area contributed by atoms with Crippen LogP contribution in [0.25, 0.3) is 6.05 Å². The minimum atomic E-state index is 0.374. The van der Waals surface area contributed by atoms with Crippen molar-refractivity contribution in [2.24, 2.45) is 0 Å². The predicted molar refractivity (Wildman–Crippen MR) is 48.5 cm³/mol. The summed E-state index contributed by atoms with van der Waals surface area (Å²) < 4.78 is 12.4. The molecule has 0 unspecified atom stereocenters. The standard InChI is InChI=1S/C9H10OS/c1-2-10-7-3-5-9-6-4-8-11-9/h4-8H,2H2,1H3/i5D. The molecule has 1 aromatic heterocycles. The SMILES string of the molecule is [2H]C(=C=COCC)c1cccs1. The van der Waals surface area contributed by atoms with E-state index < -0.39 is 0 Å². The summed E-state index contributed by atoms with van der Waals surface area (Å²) in [5.41, 5.74) is 2.73. The van der Waals surface area contributed by atoms with Gasteiger partial charge in [-0.15, -0.1) is 11.3 Å². The smallest absolute Gasteiger partial charge is 0.125 e. The summed E-state index contributed by atoms with van der Waals surface area (Å²) in [5.74, 6) is 0. The molecule has 0 fully saturated rings. The van der Waals surface area contributed by atoms with Crippen molar-refractivity contribution in [1.82, 2.24) is 0 Å². The molecule has 1 nitrogen and oxygen atoms in total. The van der Waals surface area contributed by atoms with Gasteiger partial charge in [0, 0.05) is 10.9 Å². The largest absolute Gasteiger partial charge is 0.493 e. The molecule has 0 bridgehead atoms. The Morgan fingerprint density at radius 2 is 2.82 bits per heavy atom. The molecule has 2 heteroatoms. The zero-order chi connectivity index (χ0) is 8.81. The molecule has 0 N–H and O–H groups in total. The lowest BCUT2D eigenvalue weighted by Gasteiger charge is -1.85. The highest BCUT2D eigenvalue weighted by Gasteiger charge is 1.81. The van der Waals surface area contributed by atoms with Gasteiger partial charge in [0.2, 0.25) is 0 Å². The topological polar surface area (TPSA) is 9.23 Å². The van der Waals surface area contributed by atoms with Gasteiger partial charge in [-0.1, -0.05) is 11.8 Å². The first kappa shape index (κ1) is 6.71. The van der Waals surface area contributed by atoms with Gasteiger partial charge >= 0.3 is 0 Å². The Bertz CT molecular complexity index is 283. The lowest BCUT2D eigenvalue weighted by atomic mass is 10.4. The second-order valence-electron chi connectivity index (χ2n) is 1.82. The monoisotopic (exact) mass is 167 g/mol. The molecule has 0 spiro atoms. The first-order valence-corrected chi connectivity index (χ1v) is 4.29. The Labute approximate surface area is 72.0 Å². The number of hydrogen-bond acceptors (Lipinski definition) is 2. The zero-order valence-corrected chi connectivity index (χ0v) is 7.15. The van der Waals surface area contributed by atoms with Gasteiger partial charge in [0.15, 0.2) is 0 Å². The highest BCUT2D eigenvalue weighted by Crippen LogP contribution is 2.08. The normalized spacial score (nSPS) is 9.73. The Kier molecular flexibility index (Phi) is 2.92. The third-order valence-corrected chi connectivity index (χ3v) is 1.81. The summed E-state index contributed by atoms with van der Waals surface area (Å²) in [6, 6.07) is 4.18. The Hall–Kier alpha value is -0.980. The van der Waals surface area contributed by atoms with Gasteiger partial charge in [-0.3, -0.25) is 0 Å². The van der Waals surface area contributed by atoms with Gasteiger partial charge in [-0.25, -0.2) is 0 Å². The third-order valence-electron chi connectivity index (χ3n) is 1.03. The highest BCUT2D eigenvalue weighted by molar-refractivity contribution is 7.10. The fraction of sp³-hybridized carbons (Fsp3) is 0.222. The Morgan fingerprint density at radius 3 is 3.45 bits per heavy atom. The quantitative estimate of drug-likeness (QED) is 0.497. The third kappa shape index (κ3) is 3.08. The van der Waals surface area contributed by atoms with Crippen molar-refractivity contribution in [3.05, 3.63) is 34.4 Å². The minimum absolute atomic E-state index is 0.374. The summed E-state index contributed by atoms with van der Waals surface area (Å²) in [5, 5.41) is 1.94.